The highest BCUT2D eigenvalue weighted by Crippen LogP contribution is 2.20. The molecule has 202 valence electrons. The van der Waals surface area contributed by atoms with Crippen molar-refractivity contribution in [1.82, 2.24) is 0 Å². The topological polar surface area (TPSA) is 215 Å². The van der Waals surface area contributed by atoms with Crippen LogP contribution in [0.15, 0.2) is 0 Å². The van der Waals surface area contributed by atoms with Gasteiger partial charge in [0.25, 0.3) is 0 Å². The second-order valence-electron chi connectivity index (χ2n) is 8.27. The molecule has 0 saturated carbocycles. The number of ketones is 1. The second-order valence-corrected chi connectivity index (χ2v) is 8.27. The van der Waals surface area contributed by atoms with Gasteiger partial charge in [-0.05, 0) is 38.8 Å². The Morgan fingerprint density at radius 3 is 2.06 bits per heavy atom. The van der Waals surface area contributed by atoms with Gasteiger partial charge < -0.3 is 51.2 Å². The molecule has 9 N–H and O–H groups in total. The lowest BCUT2D eigenvalue weighted by Crippen LogP contribution is -2.58. The maximum atomic E-state index is 11.8. The van der Waals surface area contributed by atoms with E-state index in [0.717, 1.165) is 25.9 Å². The summed E-state index contributed by atoms with van der Waals surface area (Å²) in [7, 11) is 0. The molecule has 0 bridgehead atoms. The van der Waals surface area contributed by atoms with Crippen molar-refractivity contribution in [3.8, 4) is 0 Å². The van der Waals surface area contributed by atoms with E-state index in [9.17, 15) is 30.0 Å². The first-order valence-electron chi connectivity index (χ1n) is 11.8. The van der Waals surface area contributed by atoms with E-state index in [1.54, 1.807) is 6.92 Å². The Morgan fingerprint density at radius 2 is 1.47 bits per heavy atom. The molecule has 1 aliphatic rings. The number of Topliss-reactive ketones (excluding diaryl/α,β-unsaturated/α-hetero) is 1. The molecule has 0 spiro atoms. The fraction of sp³-hybridized carbons (Fsp3) is 0.909. The highest BCUT2D eigenvalue weighted by Gasteiger charge is 2.42. The van der Waals surface area contributed by atoms with Gasteiger partial charge in [-0.15, -0.1) is 0 Å². The lowest BCUT2D eigenvalue weighted by molar-refractivity contribution is -0.288. The molecule has 1 saturated heterocycles. The standard InChI is InChI=1S/C17H30O10.C5H14N2/c1-10(4-5-13(19)20)11(18)3-2-6-25-7-8-26-9-12-14(21)15(22)16(23)17(24)27-12;6-4-2-1-3-5-7/h10,12,14-17,21-24H,2-9H2,1H3,(H,19,20);1-7H2/t10?,12?,14-,15+,16?,17-;/m1./s1. The Kier molecular flexibility index (Phi) is 19.3. The SMILES string of the molecule is CC(CCC(=O)O)C(=O)CCCOCCOCC1O[C@@H](O)C(O)[C@@H](O)[C@@H]1O.NCCCCCN. The number of hydrogen-bond donors (Lipinski definition) is 7. The van der Waals surface area contributed by atoms with Crippen LogP contribution in [0.2, 0.25) is 0 Å². The Bertz CT molecular complexity index is 536. The molecule has 1 heterocycles. The van der Waals surface area contributed by atoms with Crippen molar-refractivity contribution in [2.45, 2.75) is 82.6 Å². The van der Waals surface area contributed by atoms with Crippen LogP contribution in [0.25, 0.3) is 0 Å². The van der Waals surface area contributed by atoms with Gasteiger partial charge in [-0.1, -0.05) is 13.3 Å². The van der Waals surface area contributed by atoms with Crippen LogP contribution in [0.5, 0.6) is 0 Å². The summed E-state index contributed by atoms with van der Waals surface area (Å²) >= 11 is 0. The molecule has 12 nitrogen and oxygen atoms in total. The van der Waals surface area contributed by atoms with E-state index in [1.807, 2.05) is 0 Å². The van der Waals surface area contributed by atoms with Gasteiger partial charge in [0.2, 0.25) is 0 Å². The highest BCUT2D eigenvalue weighted by molar-refractivity contribution is 5.81. The number of rotatable bonds is 17. The molecule has 1 fully saturated rings. The summed E-state index contributed by atoms with van der Waals surface area (Å²) in [5.74, 6) is -1.18. The highest BCUT2D eigenvalue weighted by atomic mass is 16.6. The number of hydrogen-bond acceptors (Lipinski definition) is 11. The molecular weight excluding hydrogens is 452 g/mol. The monoisotopic (exact) mass is 496 g/mol. The summed E-state index contributed by atoms with van der Waals surface area (Å²) in [5, 5.41) is 46.7. The summed E-state index contributed by atoms with van der Waals surface area (Å²) in [5.41, 5.74) is 10.5. The molecule has 1 rings (SSSR count). The molecule has 12 heteroatoms. The first-order valence-corrected chi connectivity index (χ1v) is 11.8. The zero-order chi connectivity index (χ0) is 25.9. The Balaban J connectivity index is 0.00000135. The van der Waals surface area contributed by atoms with Crippen molar-refractivity contribution < 1.29 is 49.3 Å². The van der Waals surface area contributed by atoms with Crippen molar-refractivity contribution in [3.05, 3.63) is 0 Å². The third-order valence-electron chi connectivity index (χ3n) is 5.30. The van der Waals surface area contributed by atoms with E-state index in [2.05, 4.69) is 0 Å². The normalized spacial score (nSPS) is 25.3. The summed E-state index contributed by atoms with van der Waals surface area (Å²) in [4.78, 5) is 22.3. The molecular formula is C22H44N2O10. The lowest BCUT2D eigenvalue weighted by Gasteiger charge is -2.38. The van der Waals surface area contributed by atoms with Gasteiger partial charge in [-0.3, -0.25) is 9.59 Å². The van der Waals surface area contributed by atoms with Crippen molar-refractivity contribution in [2.24, 2.45) is 17.4 Å². The molecule has 0 amide bonds. The zero-order valence-corrected chi connectivity index (χ0v) is 20.1. The number of carbonyl (C=O) groups excluding carboxylic acids is 1. The van der Waals surface area contributed by atoms with E-state index in [0.29, 0.717) is 25.9 Å². The van der Waals surface area contributed by atoms with Crippen molar-refractivity contribution in [3.63, 3.8) is 0 Å². The van der Waals surface area contributed by atoms with Crippen LogP contribution >= 0.6 is 0 Å². The number of carboxylic acids is 1. The van der Waals surface area contributed by atoms with Crippen LogP contribution in [0.1, 0.15) is 51.9 Å². The van der Waals surface area contributed by atoms with Gasteiger partial charge in [0, 0.05) is 25.4 Å². The minimum absolute atomic E-state index is 0.0128. The van der Waals surface area contributed by atoms with Gasteiger partial charge in [-0.25, -0.2) is 0 Å². The smallest absolute Gasteiger partial charge is 0.303 e. The molecule has 3 unspecified atom stereocenters. The second kappa shape index (κ2) is 20.0. The van der Waals surface area contributed by atoms with Gasteiger partial charge in [-0.2, -0.15) is 0 Å². The van der Waals surface area contributed by atoms with Crippen LogP contribution in [-0.2, 0) is 23.8 Å². The maximum Gasteiger partial charge on any atom is 0.303 e. The summed E-state index contributed by atoms with van der Waals surface area (Å²) in [6.07, 6.45) is -2.44. The van der Waals surface area contributed by atoms with Crippen molar-refractivity contribution in [2.75, 3.05) is 39.5 Å². The fourth-order valence-electron chi connectivity index (χ4n) is 3.05. The Hall–Kier alpha value is -1.22. The van der Waals surface area contributed by atoms with Gasteiger partial charge >= 0.3 is 5.97 Å². The van der Waals surface area contributed by atoms with E-state index in [-0.39, 0.29) is 37.9 Å². The average molecular weight is 497 g/mol. The molecule has 0 aromatic carbocycles. The fourth-order valence-corrected chi connectivity index (χ4v) is 3.05. The van der Waals surface area contributed by atoms with Crippen molar-refractivity contribution >= 4 is 11.8 Å². The Labute approximate surface area is 201 Å². The van der Waals surface area contributed by atoms with Crippen LogP contribution in [0.3, 0.4) is 0 Å². The predicted octanol–water partition coefficient (Wildman–Crippen LogP) is -1.26. The molecule has 0 aromatic heterocycles. The first-order chi connectivity index (χ1) is 16.1. The average Bonchev–Trinajstić information content (AvgIpc) is 2.81. The van der Waals surface area contributed by atoms with Gasteiger partial charge in [0.05, 0.1) is 19.8 Å². The summed E-state index contributed by atoms with van der Waals surface area (Å²) in [6.45, 7) is 4.02. The number of nitrogens with two attached hydrogens (primary N) is 2. The van der Waals surface area contributed by atoms with E-state index in [4.69, 9.17) is 30.8 Å². The quantitative estimate of drug-likeness (QED) is 0.118. The number of unbranched alkanes of at least 4 members (excludes halogenated alkanes) is 2. The Morgan fingerprint density at radius 1 is 0.853 bits per heavy atom. The lowest BCUT2D eigenvalue weighted by atomic mass is 9.97. The van der Waals surface area contributed by atoms with Gasteiger partial charge in [0.15, 0.2) is 6.29 Å². The van der Waals surface area contributed by atoms with E-state index >= 15 is 0 Å². The molecule has 0 aromatic rings. The summed E-state index contributed by atoms with van der Waals surface area (Å²) < 4.78 is 15.5. The largest absolute Gasteiger partial charge is 0.481 e. The number of aliphatic hydroxyl groups excluding tert-OH is 4. The molecule has 34 heavy (non-hydrogen) atoms. The minimum Gasteiger partial charge on any atom is -0.481 e. The van der Waals surface area contributed by atoms with Crippen LogP contribution < -0.4 is 11.5 Å². The predicted molar refractivity (Wildman–Crippen MR) is 123 cm³/mol. The third kappa shape index (κ3) is 14.9. The van der Waals surface area contributed by atoms with Crippen LogP contribution in [-0.4, -0.2) is 108 Å². The number of ether oxygens (including phenoxy) is 3. The number of carbonyl (C=O) groups is 2. The summed E-state index contributed by atoms with van der Waals surface area (Å²) in [6, 6.07) is 0. The van der Waals surface area contributed by atoms with Crippen LogP contribution in [0, 0.1) is 5.92 Å². The molecule has 0 aliphatic carbocycles. The third-order valence-corrected chi connectivity index (χ3v) is 5.30. The minimum atomic E-state index is -1.59. The van der Waals surface area contributed by atoms with Crippen molar-refractivity contribution in [1.29, 1.82) is 0 Å². The van der Waals surface area contributed by atoms with E-state index in [1.165, 1.54) is 6.42 Å². The first kappa shape index (κ1) is 32.8. The maximum absolute atomic E-state index is 11.8. The molecule has 0 radical (unpaired) electrons. The molecule has 6 atom stereocenters. The van der Waals surface area contributed by atoms with Gasteiger partial charge in [0.1, 0.15) is 30.2 Å². The number of aliphatic carboxylic acids is 1. The van der Waals surface area contributed by atoms with E-state index < -0.39 is 36.7 Å². The number of aliphatic hydroxyl groups is 4. The van der Waals surface area contributed by atoms with Crippen LogP contribution in [0.4, 0.5) is 0 Å². The number of carboxylic acid groups (broad SMARTS) is 1. The zero-order valence-electron chi connectivity index (χ0n) is 20.1. The molecule has 1 aliphatic heterocycles.